The van der Waals surface area contributed by atoms with Crippen molar-refractivity contribution in [3.63, 3.8) is 0 Å². The molecule has 1 aliphatic rings. The number of nitrogens with one attached hydrogen (secondary N) is 1. The Kier molecular flexibility index (Phi) is 8.07. The van der Waals surface area contributed by atoms with Crippen molar-refractivity contribution >= 4 is 5.91 Å². The van der Waals surface area contributed by atoms with E-state index >= 15 is 0 Å². The van der Waals surface area contributed by atoms with Crippen molar-refractivity contribution in [3.05, 3.63) is 0 Å². The molecule has 0 radical (unpaired) electrons. The molecular formula is C15H31N3O. The summed E-state index contributed by atoms with van der Waals surface area (Å²) < 4.78 is 0. The highest BCUT2D eigenvalue weighted by Crippen LogP contribution is 2.08. The fourth-order valence-corrected chi connectivity index (χ4v) is 2.58. The lowest BCUT2D eigenvalue weighted by Crippen LogP contribution is -2.46. The van der Waals surface area contributed by atoms with Gasteiger partial charge in [0.2, 0.25) is 5.91 Å². The molecule has 0 aromatic carbocycles. The van der Waals surface area contributed by atoms with Crippen molar-refractivity contribution in [3.8, 4) is 0 Å². The highest BCUT2D eigenvalue weighted by Gasteiger charge is 2.18. The van der Waals surface area contributed by atoms with Gasteiger partial charge in [0, 0.05) is 25.2 Å². The fourth-order valence-electron chi connectivity index (χ4n) is 2.58. The topological polar surface area (TPSA) is 58.4 Å². The first-order valence-corrected chi connectivity index (χ1v) is 7.89. The molecule has 1 fully saturated rings. The lowest BCUT2D eigenvalue weighted by atomic mass is 10.1. The summed E-state index contributed by atoms with van der Waals surface area (Å²) in [6.07, 6.45) is 8.18. The van der Waals surface area contributed by atoms with Crippen LogP contribution in [0, 0.1) is 0 Å². The second-order valence-corrected chi connectivity index (χ2v) is 5.93. The minimum atomic E-state index is 0.165. The van der Waals surface area contributed by atoms with Crippen molar-refractivity contribution in [1.29, 1.82) is 0 Å². The zero-order chi connectivity index (χ0) is 14.1. The quantitative estimate of drug-likeness (QED) is 0.662. The van der Waals surface area contributed by atoms with Gasteiger partial charge in [0.15, 0.2) is 0 Å². The molecule has 0 bridgehead atoms. The Balaban J connectivity index is 2.09. The predicted molar refractivity (Wildman–Crippen MR) is 80.0 cm³/mol. The molecule has 1 heterocycles. The minimum absolute atomic E-state index is 0.165. The number of unbranched alkanes of at least 4 members (excludes halogenated alkanes) is 3. The number of hydrogen-bond acceptors (Lipinski definition) is 3. The smallest absolute Gasteiger partial charge is 0.234 e. The molecule has 1 atom stereocenters. The van der Waals surface area contributed by atoms with E-state index in [2.05, 4.69) is 24.1 Å². The number of piperidine rings is 1. The van der Waals surface area contributed by atoms with E-state index in [9.17, 15) is 4.79 Å². The predicted octanol–water partition coefficient (Wildman–Crippen LogP) is 1.88. The first-order valence-electron chi connectivity index (χ1n) is 7.89. The van der Waals surface area contributed by atoms with Gasteiger partial charge in [-0.2, -0.15) is 0 Å². The van der Waals surface area contributed by atoms with Gasteiger partial charge in [-0.1, -0.05) is 32.6 Å². The number of likely N-dealkylation sites (tertiary alicyclic amines) is 1. The van der Waals surface area contributed by atoms with Crippen LogP contribution in [0.15, 0.2) is 0 Å². The van der Waals surface area contributed by atoms with E-state index in [1.807, 2.05) is 0 Å². The molecule has 1 aliphatic heterocycles. The van der Waals surface area contributed by atoms with Crippen LogP contribution in [-0.2, 0) is 4.79 Å². The Morgan fingerprint density at radius 2 is 2.00 bits per heavy atom. The Morgan fingerprint density at radius 3 is 2.63 bits per heavy atom. The summed E-state index contributed by atoms with van der Waals surface area (Å²) in [7, 11) is 0. The van der Waals surface area contributed by atoms with Crippen LogP contribution in [0.3, 0.4) is 0 Å². The van der Waals surface area contributed by atoms with Gasteiger partial charge in [-0.05, 0) is 26.2 Å². The maximum atomic E-state index is 11.9. The van der Waals surface area contributed by atoms with Gasteiger partial charge in [0.25, 0.3) is 0 Å². The second-order valence-electron chi connectivity index (χ2n) is 5.93. The van der Waals surface area contributed by atoms with Gasteiger partial charge in [-0.15, -0.1) is 0 Å². The molecule has 0 aliphatic carbocycles. The standard InChI is InChI=1S/C15H31N3O/c1-3-4-5-6-7-13(2)17-15(19)12-18-10-8-14(16)9-11-18/h13-14H,3-12,16H2,1-2H3,(H,17,19). The number of nitrogens with zero attached hydrogens (tertiary/aromatic N) is 1. The molecule has 0 aromatic heterocycles. The van der Waals surface area contributed by atoms with E-state index in [-0.39, 0.29) is 5.91 Å². The van der Waals surface area contributed by atoms with E-state index in [4.69, 9.17) is 5.73 Å². The van der Waals surface area contributed by atoms with Gasteiger partial charge in [0.05, 0.1) is 6.54 Å². The van der Waals surface area contributed by atoms with Crippen molar-refractivity contribution in [1.82, 2.24) is 10.2 Å². The lowest BCUT2D eigenvalue weighted by molar-refractivity contribution is -0.123. The summed E-state index contributed by atoms with van der Waals surface area (Å²) >= 11 is 0. The van der Waals surface area contributed by atoms with Gasteiger partial charge in [-0.25, -0.2) is 0 Å². The molecule has 4 heteroatoms. The van der Waals surface area contributed by atoms with Crippen LogP contribution >= 0.6 is 0 Å². The van der Waals surface area contributed by atoms with Crippen molar-refractivity contribution in [2.45, 2.75) is 70.9 Å². The number of amides is 1. The maximum Gasteiger partial charge on any atom is 0.234 e. The van der Waals surface area contributed by atoms with Crippen LogP contribution in [0.2, 0.25) is 0 Å². The van der Waals surface area contributed by atoms with Crippen molar-refractivity contribution in [2.24, 2.45) is 5.73 Å². The molecule has 1 amide bonds. The van der Waals surface area contributed by atoms with E-state index in [1.54, 1.807) is 0 Å². The Bertz CT molecular complexity index is 250. The largest absolute Gasteiger partial charge is 0.353 e. The van der Waals surface area contributed by atoms with Crippen LogP contribution in [0.4, 0.5) is 0 Å². The van der Waals surface area contributed by atoms with E-state index < -0.39 is 0 Å². The molecule has 1 saturated heterocycles. The summed E-state index contributed by atoms with van der Waals surface area (Å²) in [6, 6.07) is 0.633. The molecule has 4 nitrogen and oxygen atoms in total. The molecule has 3 N–H and O–H groups in total. The third-order valence-corrected chi connectivity index (χ3v) is 3.90. The molecule has 0 spiro atoms. The molecule has 19 heavy (non-hydrogen) atoms. The first kappa shape index (κ1) is 16.4. The zero-order valence-corrected chi connectivity index (χ0v) is 12.7. The summed E-state index contributed by atoms with van der Waals surface area (Å²) in [4.78, 5) is 14.1. The van der Waals surface area contributed by atoms with Gasteiger partial charge in [-0.3, -0.25) is 9.69 Å². The minimum Gasteiger partial charge on any atom is -0.353 e. The highest BCUT2D eigenvalue weighted by molar-refractivity contribution is 5.78. The van der Waals surface area contributed by atoms with Gasteiger partial charge < -0.3 is 11.1 Å². The number of carbonyl (C=O) groups excluding carboxylic acids is 1. The summed E-state index contributed by atoms with van der Waals surface area (Å²) in [5.74, 6) is 0.165. The monoisotopic (exact) mass is 269 g/mol. The van der Waals surface area contributed by atoms with Crippen molar-refractivity contribution in [2.75, 3.05) is 19.6 Å². The van der Waals surface area contributed by atoms with Crippen LogP contribution in [0.5, 0.6) is 0 Å². The van der Waals surface area contributed by atoms with E-state index in [1.165, 1.54) is 25.7 Å². The lowest BCUT2D eigenvalue weighted by Gasteiger charge is -2.29. The fraction of sp³-hybridized carbons (Fsp3) is 0.933. The van der Waals surface area contributed by atoms with Crippen LogP contribution in [-0.4, -0.2) is 42.5 Å². The summed E-state index contributed by atoms with van der Waals surface area (Å²) in [5.41, 5.74) is 5.86. The molecule has 0 aromatic rings. The molecular weight excluding hydrogens is 238 g/mol. The highest BCUT2D eigenvalue weighted by atomic mass is 16.2. The molecule has 0 saturated carbocycles. The normalized spacial score (nSPS) is 19.3. The summed E-state index contributed by atoms with van der Waals surface area (Å²) in [5, 5.41) is 3.10. The SMILES string of the molecule is CCCCCCC(C)NC(=O)CN1CCC(N)CC1. The van der Waals surface area contributed by atoms with Crippen LogP contribution < -0.4 is 11.1 Å². The third-order valence-electron chi connectivity index (χ3n) is 3.90. The molecule has 1 unspecified atom stereocenters. The number of nitrogens with two attached hydrogens (primary N) is 1. The second kappa shape index (κ2) is 9.32. The average Bonchev–Trinajstić information content (AvgIpc) is 2.37. The third kappa shape index (κ3) is 7.53. The number of rotatable bonds is 8. The first-order chi connectivity index (χ1) is 9.11. The van der Waals surface area contributed by atoms with Crippen LogP contribution in [0.1, 0.15) is 58.8 Å². The average molecular weight is 269 g/mol. The Hall–Kier alpha value is -0.610. The molecule has 112 valence electrons. The van der Waals surface area contributed by atoms with Crippen molar-refractivity contribution < 1.29 is 4.79 Å². The zero-order valence-electron chi connectivity index (χ0n) is 12.7. The molecule has 1 rings (SSSR count). The van der Waals surface area contributed by atoms with Gasteiger partial charge in [0.1, 0.15) is 0 Å². The Labute approximate surface area is 118 Å². The summed E-state index contributed by atoms with van der Waals surface area (Å²) in [6.45, 7) is 6.77. The number of carbonyl (C=O) groups is 1. The maximum absolute atomic E-state index is 11.9. The number of hydrogen-bond donors (Lipinski definition) is 2. The Morgan fingerprint density at radius 1 is 1.32 bits per heavy atom. The van der Waals surface area contributed by atoms with E-state index in [0.717, 1.165) is 32.4 Å². The van der Waals surface area contributed by atoms with Gasteiger partial charge >= 0.3 is 0 Å². The van der Waals surface area contributed by atoms with Crippen LogP contribution in [0.25, 0.3) is 0 Å². The van der Waals surface area contributed by atoms with E-state index in [0.29, 0.717) is 18.6 Å².